The number of carbonyl (C=O) groups is 1. The fourth-order valence-electron chi connectivity index (χ4n) is 1.96. The van der Waals surface area contributed by atoms with E-state index in [1.165, 1.54) is 32.1 Å². The van der Waals surface area contributed by atoms with Gasteiger partial charge in [-0.3, -0.25) is 4.79 Å². The largest absolute Gasteiger partial charge is 0.349 e. The number of azide groups is 1. The van der Waals surface area contributed by atoms with Gasteiger partial charge in [0.25, 0.3) is 0 Å². The fourth-order valence-corrected chi connectivity index (χ4v) is 1.96. The molecule has 0 bridgehead atoms. The Morgan fingerprint density at radius 1 is 0.947 bits per heavy atom. The average Bonchev–Trinajstić information content (AvgIpc) is 2.39. The average molecular weight is 268 g/mol. The molecule has 0 saturated heterocycles. The molecule has 0 radical (unpaired) electrons. The van der Waals surface area contributed by atoms with Crippen LogP contribution in [0.1, 0.15) is 64.2 Å². The summed E-state index contributed by atoms with van der Waals surface area (Å²) < 4.78 is 0. The number of rotatable bonds is 12. The molecule has 0 saturated carbocycles. The molecule has 5 nitrogen and oxygen atoms in total. The number of hydrogen-bond donors (Lipinski definition) is 0. The summed E-state index contributed by atoms with van der Waals surface area (Å²) in [5, 5.41) is 3.52. The maximum atomic E-state index is 11.3. The Morgan fingerprint density at radius 2 is 1.42 bits per heavy atom. The van der Waals surface area contributed by atoms with Gasteiger partial charge in [0, 0.05) is 32.0 Å². The molecule has 0 rings (SSSR count). The van der Waals surface area contributed by atoms with Crippen molar-refractivity contribution in [3.63, 3.8) is 0 Å². The van der Waals surface area contributed by atoms with Crippen LogP contribution in [-0.4, -0.2) is 31.4 Å². The maximum Gasteiger partial charge on any atom is 0.222 e. The van der Waals surface area contributed by atoms with Crippen molar-refractivity contribution in [2.75, 3.05) is 20.6 Å². The van der Waals surface area contributed by atoms with Gasteiger partial charge in [0.1, 0.15) is 0 Å². The molecule has 0 aliphatic carbocycles. The number of hydrogen-bond acceptors (Lipinski definition) is 2. The highest BCUT2D eigenvalue weighted by Crippen LogP contribution is 2.11. The zero-order chi connectivity index (χ0) is 14.3. The second-order valence-corrected chi connectivity index (χ2v) is 5.17. The second-order valence-electron chi connectivity index (χ2n) is 5.17. The lowest BCUT2D eigenvalue weighted by atomic mass is 10.1. The molecule has 0 N–H and O–H groups in total. The predicted molar refractivity (Wildman–Crippen MR) is 78.9 cm³/mol. The lowest BCUT2D eigenvalue weighted by Gasteiger charge is -2.09. The smallest absolute Gasteiger partial charge is 0.222 e. The van der Waals surface area contributed by atoms with Gasteiger partial charge in [-0.2, -0.15) is 0 Å². The van der Waals surface area contributed by atoms with E-state index in [1.54, 1.807) is 4.90 Å². The quantitative estimate of drug-likeness (QED) is 0.225. The third kappa shape index (κ3) is 13.0. The van der Waals surface area contributed by atoms with E-state index in [-0.39, 0.29) is 5.91 Å². The van der Waals surface area contributed by atoms with Crippen LogP contribution in [0.15, 0.2) is 5.11 Å². The summed E-state index contributed by atoms with van der Waals surface area (Å²) in [4.78, 5) is 15.7. The fraction of sp³-hybridized carbons (Fsp3) is 0.929. The van der Waals surface area contributed by atoms with E-state index in [0.717, 1.165) is 25.7 Å². The van der Waals surface area contributed by atoms with Crippen LogP contribution in [0.4, 0.5) is 0 Å². The summed E-state index contributed by atoms with van der Waals surface area (Å²) in [6, 6.07) is 0. The first-order valence-corrected chi connectivity index (χ1v) is 7.39. The molecule has 0 heterocycles. The van der Waals surface area contributed by atoms with Crippen LogP contribution in [0.25, 0.3) is 10.4 Å². The second kappa shape index (κ2) is 13.2. The molecule has 0 aromatic heterocycles. The normalized spacial score (nSPS) is 10.0. The van der Waals surface area contributed by atoms with E-state index in [1.807, 2.05) is 14.1 Å². The maximum absolute atomic E-state index is 11.3. The number of unbranched alkanes of at least 4 members (excludes halogenated alkanes) is 8. The minimum absolute atomic E-state index is 0.236. The molecule has 1 amide bonds. The highest BCUT2D eigenvalue weighted by molar-refractivity contribution is 5.75. The third-order valence-corrected chi connectivity index (χ3v) is 3.21. The van der Waals surface area contributed by atoms with Crippen LogP contribution in [-0.2, 0) is 4.79 Å². The summed E-state index contributed by atoms with van der Waals surface area (Å²) in [5.74, 6) is 0.236. The van der Waals surface area contributed by atoms with Crippen molar-refractivity contribution < 1.29 is 4.79 Å². The van der Waals surface area contributed by atoms with E-state index in [4.69, 9.17) is 5.53 Å². The van der Waals surface area contributed by atoms with Gasteiger partial charge in [0.15, 0.2) is 0 Å². The summed E-state index contributed by atoms with van der Waals surface area (Å²) >= 11 is 0. The molecule has 0 fully saturated rings. The van der Waals surface area contributed by atoms with Crippen LogP contribution < -0.4 is 0 Å². The zero-order valence-electron chi connectivity index (χ0n) is 12.5. The minimum atomic E-state index is 0.236. The van der Waals surface area contributed by atoms with Crippen LogP contribution >= 0.6 is 0 Å². The lowest BCUT2D eigenvalue weighted by Crippen LogP contribution is -2.20. The van der Waals surface area contributed by atoms with Gasteiger partial charge in [0.05, 0.1) is 0 Å². The topological polar surface area (TPSA) is 69.1 Å². The number of amides is 1. The first kappa shape index (κ1) is 17.8. The number of carbonyl (C=O) groups excluding carboxylic acids is 1. The molecule has 5 heteroatoms. The summed E-state index contributed by atoms with van der Waals surface area (Å²) in [7, 11) is 3.62. The third-order valence-electron chi connectivity index (χ3n) is 3.21. The monoisotopic (exact) mass is 268 g/mol. The highest BCUT2D eigenvalue weighted by atomic mass is 16.2. The molecular weight excluding hydrogens is 240 g/mol. The van der Waals surface area contributed by atoms with Gasteiger partial charge in [-0.1, -0.05) is 50.1 Å². The Hall–Kier alpha value is -1.22. The Balaban J connectivity index is 3.11. The molecule has 0 aromatic carbocycles. The van der Waals surface area contributed by atoms with E-state index in [0.29, 0.717) is 13.0 Å². The summed E-state index contributed by atoms with van der Waals surface area (Å²) in [6.07, 6.45) is 11.3. The van der Waals surface area contributed by atoms with Crippen molar-refractivity contribution in [1.29, 1.82) is 0 Å². The van der Waals surface area contributed by atoms with Gasteiger partial charge in [-0.05, 0) is 18.4 Å². The Kier molecular flexibility index (Phi) is 12.4. The standard InChI is InChI=1S/C14H28N4O/c1-18(2)14(19)12-10-8-6-4-3-5-7-9-11-13-16-17-15/h3-13H2,1-2H3. The zero-order valence-corrected chi connectivity index (χ0v) is 12.5. The molecule has 0 aliphatic heterocycles. The molecule has 0 spiro atoms. The van der Waals surface area contributed by atoms with Gasteiger partial charge >= 0.3 is 0 Å². The molecule has 0 unspecified atom stereocenters. The van der Waals surface area contributed by atoms with E-state index in [9.17, 15) is 4.79 Å². The van der Waals surface area contributed by atoms with Crippen molar-refractivity contribution in [2.24, 2.45) is 5.11 Å². The van der Waals surface area contributed by atoms with Crippen LogP contribution in [0.5, 0.6) is 0 Å². The van der Waals surface area contributed by atoms with Crippen molar-refractivity contribution in [2.45, 2.75) is 64.2 Å². The van der Waals surface area contributed by atoms with Gasteiger partial charge in [0.2, 0.25) is 5.91 Å². The van der Waals surface area contributed by atoms with Crippen LogP contribution in [0.3, 0.4) is 0 Å². The van der Waals surface area contributed by atoms with Crippen molar-refractivity contribution in [3.8, 4) is 0 Å². The first-order chi connectivity index (χ1) is 9.18. The molecule has 0 aliphatic rings. The van der Waals surface area contributed by atoms with E-state index in [2.05, 4.69) is 10.0 Å². The Bertz CT molecular complexity index is 273. The molecule has 19 heavy (non-hydrogen) atoms. The minimum Gasteiger partial charge on any atom is -0.349 e. The first-order valence-electron chi connectivity index (χ1n) is 7.39. The molecule has 110 valence electrons. The highest BCUT2D eigenvalue weighted by Gasteiger charge is 2.02. The summed E-state index contributed by atoms with van der Waals surface area (Å²) in [6.45, 7) is 0.635. The van der Waals surface area contributed by atoms with Gasteiger partial charge < -0.3 is 4.90 Å². The lowest BCUT2D eigenvalue weighted by molar-refractivity contribution is -0.128. The van der Waals surface area contributed by atoms with Crippen molar-refractivity contribution in [3.05, 3.63) is 10.4 Å². The van der Waals surface area contributed by atoms with Gasteiger partial charge in [-0.25, -0.2) is 0 Å². The van der Waals surface area contributed by atoms with E-state index < -0.39 is 0 Å². The molecule has 0 aromatic rings. The van der Waals surface area contributed by atoms with Crippen LogP contribution in [0, 0.1) is 0 Å². The summed E-state index contributed by atoms with van der Waals surface area (Å²) in [5.41, 5.74) is 8.11. The van der Waals surface area contributed by atoms with Crippen molar-refractivity contribution >= 4 is 5.91 Å². The van der Waals surface area contributed by atoms with E-state index >= 15 is 0 Å². The van der Waals surface area contributed by atoms with Crippen LogP contribution in [0.2, 0.25) is 0 Å². The Labute approximate surface area is 117 Å². The van der Waals surface area contributed by atoms with Crippen molar-refractivity contribution in [1.82, 2.24) is 4.90 Å². The molecule has 0 atom stereocenters. The predicted octanol–water partition coefficient (Wildman–Crippen LogP) is 4.29. The molecular formula is C14H28N4O. The van der Waals surface area contributed by atoms with Gasteiger partial charge in [-0.15, -0.1) is 0 Å². The SMILES string of the molecule is CN(C)C(=O)CCCCCCCCCCCN=[N+]=[N-]. The Morgan fingerprint density at radius 3 is 1.89 bits per heavy atom. The number of nitrogens with zero attached hydrogens (tertiary/aromatic N) is 4.